The summed E-state index contributed by atoms with van der Waals surface area (Å²) >= 11 is 0. The zero-order valence-corrected chi connectivity index (χ0v) is 23.9. The molecule has 5 rings (SSSR count). The Kier molecular flexibility index (Phi) is 8.46. The van der Waals surface area contributed by atoms with Crippen LogP contribution in [0.3, 0.4) is 0 Å². The van der Waals surface area contributed by atoms with Gasteiger partial charge in [0.15, 0.2) is 0 Å². The summed E-state index contributed by atoms with van der Waals surface area (Å²) in [6.45, 7) is 2.96. The lowest BCUT2D eigenvalue weighted by Crippen LogP contribution is -2.40. The molecule has 0 fully saturated rings. The number of hydrogen-bond donors (Lipinski definition) is 3. The molecule has 0 radical (unpaired) electrons. The number of benzene rings is 3. The summed E-state index contributed by atoms with van der Waals surface area (Å²) < 4.78 is 69.1. The van der Waals surface area contributed by atoms with Crippen LogP contribution in [0.25, 0.3) is 11.1 Å². The molecule has 1 aliphatic carbocycles. The number of hydrogen-bond acceptors (Lipinski definition) is 5. The number of ether oxygens (including phenoxy) is 2. The molecule has 230 valence electrons. The van der Waals surface area contributed by atoms with Gasteiger partial charge in [-0.15, -0.1) is 0 Å². The van der Waals surface area contributed by atoms with Crippen molar-refractivity contribution in [2.75, 3.05) is 13.2 Å². The number of fused-ring (bicyclic) bond motifs is 2. The standard InChI is InChI=1S/C33H34F4O6/c1-32(2,41)28(38)17-42-22-9-6-19(7-10-22)30-24-12-8-20(31(24)26(34)15-25(30)33(35,36)37)5-3-18-4-11-23-21(14-29(39)40)16-43-27(23)13-18/h4,6-7,9-11,13,15,20-21,28,38,41H,3,5,8,12,14,16-17H2,1-2H3,(H,39,40)/t20-,21-,28+/m1/s1. The third kappa shape index (κ3) is 6.65. The Morgan fingerprint density at radius 3 is 2.47 bits per heavy atom. The normalized spacial score (nSPS) is 18.6. The Balaban J connectivity index is 1.38. The lowest BCUT2D eigenvalue weighted by atomic mass is 9.87. The second kappa shape index (κ2) is 11.8. The Bertz CT molecular complexity index is 1490. The number of aliphatic hydroxyl groups is 2. The third-order valence-electron chi connectivity index (χ3n) is 8.41. The molecule has 0 aromatic heterocycles. The molecule has 0 spiro atoms. The molecule has 0 saturated heterocycles. The number of aryl methyl sites for hydroxylation is 1. The Morgan fingerprint density at radius 1 is 1.09 bits per heavy atom. The maximum Gasteiger partial charge on any atom is 0.417 e. The van der Waals surface area contributed by atoms with Crippen molar-refractivity contribution in [2.45, 2.75) is 75.7 Å². The van der Waals surface area contributed by atoms with Gasteiger partial charge in [-0.1, -0.05) is 24.3 Å². The van der Waals surface area contributed by atoms with Crippen LogP contribution in [0, 0.1) is 5.82 Å². The number of alkyl halides is 3. The zero-order chi connectivity index (χ0) is 31.1. The van der Waals surface area contributed by atoms with E-state index < -0.39 is 35.2 Å². The highest BCUT2D eigenvalue weighted by Gasteiger charge is 2.39. The Hall–Kier alpha value is -3.63. The molecule has 1 aliphatic heterocycles. The fourth-order valence-electron chi connectivity index (χ4n) is 6.02. The number of aliphatic carboxylic acids is 1. The lowest BCUT2D eigenvalue weighted by molar-refractivity contribution is -0.138. The second-order valence-corrected chi connectivity index (χ2v) is 11.9. The number of aliphatic hydroxyl groups excluding tert-OH is 1. The molecule has 2 aliphatic rings. The smallest absolute Gasteiger partial charge is 0.417 e. The topological polar surface area (TPSA) is 96.2 Å². The van der Waals surface area contributed by atoms with Crippen molar-refractivity contribution < 1.29 is 47.1 Å². The highest BCUT2D eigenvalue weighted by Crippen LogP contribution is 2.48. The average Bonchev–Trinajstić information content (AvgIpc) is 3.54. The highest BCUT2D eigenvalue weighted by molar-refractivity contribution is 5.75. The first-order valence-electron chi connectivity index (χ1n) is 14.3. The first kappa shape index (κ1) is 30.8. The number of halogens is 4. The molecule has 0 amide bonds. The van der Waals surface area contributed by atoms with Gasteiger partial charge in [0.05, 0.1) is 24.2 Å². The van der Waals surface area contributed by atoms with E-state index in [0.29, 0.717) is 61.0 Å². The van der Waals surface area contributed by atoms with E-state index in [-0.39, 0.29) is 36.0 Å². The summed E-state index contributed by atoms with van der Waals surface area (Å²) in [5, 5.41) is 29.0. The van der Waals surface area contributed by atoms with Crippen molar-refractivity contribution >= 4 is 5.97 Å². The van der Waals surface area contributed by atoms with Crippen LogP contribution in [0.15, 0.2) is 48.5 Å². The summed E-state index contributed by atoms with van der Waals surface area (Å²) in [5.41, 5.74) is 0.288. The van der Waals surface area contributed by atoms with E-state index in [1.165, 1.54) is 38.1 Å². The first-order chi connectivity index (χ1) is 20.2. The van der Waals surface area contributed by atoms with Crippen LogP contribution < -0.4 is 9.47 Å². The van der Waals surface area contributed by atoms with Gasteiger partial charge in [0.1, 0.15) is 30.0 Å². The van der Waals surface area contributed by atoms with Crippen molar-refractivity contribution in [3.8, 4) is 22.6 Å². The van der Waals surface area contributed by atoms with E-state index in [2.05, 4.69) is 0 Å². The summed E-state index contributed by atoms with van der Waals surface area (Å²) in [7, 11) is 0. The largest absolute Gasteiger partial charge is 0.493 e. The fourth-order valence-corrected chi connectivity index (χ4v) is 6.02. The maximum absolute atomic E-state index is 15.4. The molecule has 6 nitrogen and oxygen atoms in total. The van der Waals surface area contributed by atoms with Gasteiger partial charge in [-0.25, -0.2) is 4.39 Å². The molecular formula is C33H34F4O6. The van der Waals surface area contributed by atoms with Gasteiger partial charge < -0.3 is 24.8 Å². The molecule has 3 atom stereocenters. The molecule has 3 aromatic carbocycles. The molecule has 0 bridgehead atoms. The minimum atomic E-state index is -4.77. The minimum Gasteiger partial charge on any atom is -0.493 e. The molecule has 0 unspecified atom stereocenters. The number of carbonyl (C=O) groups is 1. The SMILES string of the molecule is CC(C)(O)[C@@H](O)COc1ccc(-c2c(C(F)(F)F)cc(F)c3c2CC[C@H]3CCc2ccc3c(c2)OC[C@H]3CC(=O)O)cc1. The van der Waals surface area contributed by atoms with E-state index in [1.807, 2.05) is 18.2 Å². The molecule has 0 saturated carbocycles. The lowest BCUT2D eigenvalue weighted by Gasteiger charge is -2.24. The van der Waals surface area contributed by atoms with E-state index in [4.69, 9.17) is 14.6 Å². The summed E-state index contributed by atoms with van der Waals surface area (Å²) in [6.07, 6.45) is -4.05. The van der Waals surface area contributed by atoms with Crippen LogP contribution in [0.1, 0.15) is 72.8 Å². The van der Waals surface area contributed by atoms with E-state index in [0.717, 1.165) is 11.1 Å². The van der Waals surface area contributed by atoms with Crippen LogP contribution in [-0.2, 0) is 23.8 Å². The van der Waals surface area contributed by atoms with Crippen molar-refractivity contribution in [3.05, 3.63) is 82.2 Å². The Morgan fingerprint density at radius 2 is 1.81 bits per heavy atom. The van der Waals surface area contributed by atoms with Gasteiger partial charge in [0, 0.05) is 11.5 Å². The Labute approximate surface area is 246 Å². The monoisotopic (exact) mass is 602 g/mol. The first-order valence-corrected chi connectivity index (χ1v) is 14.3. The predicted octanol–water partition coefficient (Wildman–Crippen LogP) is 6.64. The van der Waals surface area contributed by atoms with E-state index in [9.17, 15) is 28.2 Å². The fraction of sp³-hybridized carbons (Fsp3) is 0.424. The van der Waals surface area contributed by atoms with Crippen molar-refractivity contribution in [3.63, 3.8) is 0 Å². The van der Waals surface area contributed by atoms with Crippen LogP contribution in [-0.4, -0.2) is 46.2 Å². The van der Waals surface area contributed by atoms with Gasteiger partial charge in [-0.3, -0.25) is 4.79 Å². The van der Waals surface area contributed by atoms with E-state index >= 15 is 4.39 Å². The van der Waals surface area contributed by atoms with Crippen LogP contribution in [0.2, 0.25) is 0 Å². The molecule has 10 heteroatoms. The summed E-state index contributed by atoms with van der Waals surface area (Å²) in [6, 6.07) is 12.2. The van der Waals surface area contributed by atoms with Gasteiger partial charge in [0.25, 0.3) is 0 Å². The van der Waals surface area contributed by atoms with Crippen molar-refractivity contribution in [1.29, 1.82) is 0 Å². The van der Waals surface area contributed by atoms with E-state index in [1.54, 1.807) is 0 Å². The predicted molar refractivity (Wildman–Crippen MR) is 151 cm³/mol. The second-order valence-electron chi connectivity index (χ2n) is 11.9. The molecule has 43 heavy (non-hydrogen) atoms. The van der Waals surface area contributed by atoms with Crippen molar-refractivity contribution in [1.82, 2.24) is 0 Å². The van der Waals surface area contributed by atoms with Crippen LogP contribution in [0.4, 0.5) is 17.6 Å². The quantitative estimate of drug-likeness (QED) is 0.225. The molecule has 3 N–H and O–H groups in total. The van der Waals surface area contributed by atoms with Gasteiger partial charge >= 0.3 is 12.1 Å². The van der Waals surface area contributed by atoms with Crippen LogP contribution in [0.5, 0.6) is 11.5 Å². The molecular weight excluding hydrogens is 568 g/mol. The summed E-state index contributed by atoms with van der Waals surface area (Å²) in [4.78, 5) is 11.1. The number of carboxylic acid groups (broad SMARTS) is 1. The number of rotatable bonds is 10. The average molecular weight is 603 g/mol. The maximum atomic E-state index is 15.4. The highest BCUT2D eigenvalue weighted by atomic mass is 19.4. The molecule has 3 aromatic rings. The summed E-state index contributed by atoms with van der Waals surface area (Å²) in [5.74, 6) is -1.28. The van der Waals surface area contributed by atoms with Crippen LogP contribution >= 0.6 is 0 Å². The van der Waals surface area contributed by atoms with Crippen molar-refractivity contribution in [2.24, 2.45) is 0 Å². The van der Waals surface area contributed by atoms with Gasteiger partial charge in [0.2, 0.25) is 0 Å². The third-order valence-corrected chi connectivity index (χ3v) is 8.41. The molecule has 1 heterocycles. The number of carboxylic acids is 1. The van der Waals surface area contributed by atoms with Gasteiger partial charge in [-0.05, 0) is 97.5 Å². The zero-order valence-electron chi connectivity index (χ0n) is 23.9. The minimum absolute atomic E-state index is 0.0202. The van der Waals surface area contributed by atoms with Gasteiger partial charge in [-0.2, -0.15) is 13.2 Å².